The zero-order valence-electron chi connectivity index (χ0n) is 14.4. The number of furan rings is 1. The van der Waals surface area contributed by atoms with E-state index in [2.05, 4.69) is 10.5 Å². The van der Waals surface area contributed by atoms with Crippen molar-refractivity contribution >= 4 is 46.3 Å². The van der Waals surface area contributed by atoms with Crippen LogP contribution in [0.3, 0.4) is 0 Å². The van der Waals surface area contributed by atoms with Crippen LogP contribution in [-0.2, 0) is 9.59 Å². The molecule has 0 radical (unpaired) electrons. The molecule has 2 heterocycles. The maximum absolute atomic E-state index is 12.9. The Kier molecular flexibility index (Phi) is 4.76. The molecule has 134 valence electrons. The van der Waals surface area contributed by atoms with Crippen molar-refractivity contribution in [3.63, 3.8) is 0 Å². The number of carbonyl (C=O) groups is 2. The molecule has 8 heteroatoms. The van der Waals surface area contributed by atoms with Crippen molar-refractivity contribution in [1.82, 2.24) is 10.3 Å². The first-order valence-electron chi connectivity index (χ1n) is 8.12. The van der Waals surface area contributed by atoms with Gasteiger partial charge in [0.1, 0.15) is 5.76 Å². The molecule has 1 aliphatic carbocycles. The first kappa shape index (κ1) is 18.1. The second kappa shape index (κ2) is 6.57. The number of imide groups is 1. The average Bonchev–Trinajstić information content (AvgIpc) is 3.12. The summed E-state index contributed by atoms with van der Waals surface area (Å²) in [4.78, 5) is 27.0. The number of piperidine rings is 1. The SMILES string of the molecule is CC12CCC(C(=O)N(CSC(=S)NN=Cc3ccco3)C1=O)C2(C)C. The summed E-state index contributed by atoms with van der Waals surface area (Å²) < 4.78 is 5.52. The normalized spacial score (nSPS) is 28.0. The summed E-state index contributed by atoms with van der Waals surface area (Å²) in [5.41, 5.74) is 1.92. The Labute approximate surface area is 156 Å². The third-order valence-corrected chi connectivity index (χ3v) is 6.91. The Hall–Kier alpha value is -1.67. The van der Waals surface area contributed by atoms with Crippen molar-refractivity contribution in [2.24, 2.45) is 21.8 Å². The van der Waals surface area contributed by atoms with E-state index >= 15 is 0 Å². The Morgan fingerprint density at radius 1 is 1.52 bits per heavy atom. The van der Waals surface area contributed by atoms with Crippen molar-refractivity contribution in [2.75, 3.05) is 5.88 Å². The number of rotatable bonds is 4. The van der Waals surface area contributed by atoms with Gasteiger partial charge in [0.05, 0.1) is 23.8 Å². The maximum Gasteiger partial charge on any atom is 0.236 e. The van der Waals surface area contributed by atoms with Crippen molar-refractivity contribution in [3.8, 4) is 0 Å². The molecular weight excluding hydrogens is 358 g/mol. The standard InChI is InChI=1S/C17H21N3O3S2/c1-16(2)12-6-7-17(16,3)14(22)20(13(12)21)10-25-15(24)19-18-9-11-5-4-8-23-11/h4-5,8-9,12H,6-7,10H2,1-3H3,(H,19,24). The van der Waals surface area contributed by atoms with Crippen LogP contribution in [0.15, 0.2) is 27.9 Å². The first-order chi connectivity index (χ1) is 11.8. The Morgan fingerprint density at radius 2 is 2.28 bits per heavy atom. The maximum atomic E-state index is 12.9. The highest BCUT2D eigenvalue weighted by atomic mass is 32.2. The highest BCUT2D eigenvalue weighted by Crippen LogP contribution is 2.60. The monoisotopic (exact) mass is 379 g/mol. The van der Waals surface area contributed by atoms with Crippen LogP contribution in [0, 0.1) is 16.7 Å². The zero-order chi connectivity index (χ0) is 18.2. The number of nitrogens with one attached hydrogen (secondary N) is 1. The molecule has 2 unspecified atom stereocenters. The van der Waals surface area contributed by atoms with Gasteiger partial charge >= 0.3 is 0 Å². The number of likely N-dealkylation sites (tertiary alicyclic amines) is 1. The Balaban J connectivity index is 1.59. The largest absolute Gasteiger partial charge is 0.463 e. The quantitative estimate of drug-likeness (QED) is 0.375. The van der Waals surface area contributed by atoms with Gasteiger partial charge in [0.15, 0.2) is 4.32 Å². The van der Waals surface area contributed by atoms with Gasteiger partial charge < -0.3 is 4.42 Å². The summed E-state index contributed by atoms with van der Waals surface area (Å²) in [5.74, 6) is 0.537. The Morgan fingerprint density at radius 3 is 2.96 bits per heavy atom. The van der Waals surface area contributed by atoms with E-state index < -0.39 is 5.41 Å². The number of hydrogen-bond donors (Lipinski definition) is 1. The van der Waals surface area contributed by atoms with Gasteiger partial charge in [-0.05, 0) is 30.4 Å². The van der Waals surface area contributed by atoms with Crippen molar-refractivity contribution in [1.29, 1.82) is 0 Å². The molecule has 1 saturated carbocycles. The third-order valence-electron chi connectivity index (χ3n) is 5.72. The lowest BCUT2D eigenvalue weighted by Gasteiger charge is -2.47. The smallest absolute Gasteiger partial charge is 0.236 e. The van der Waals surface area contributed by atoms with Crippen molar-refractivity contribution < 1.29 is 14.0 Å². The van der Waals surface area contributed by atoms with Gasteiger partial charge in [0, 0.05) is 5.92 Å². The van der Waals surface area contributed by atoms with Crippen LogP contribution < -0.4 is 5.43 Å². The molecule has 1 saturated heterocycles. The van der Waals surface area contributed by atoms with Crippen molar-refractivity contribution in [3.05, 3.63) is 24.2 Å². The van der Waals surface area contributed by atoms with Gasteiger partial charge in [-0.3, -0.25) is 19.9 Å². The second-order valence-corrected chi connectivity index (χ2v) is 8.78. The highest BCUT2D eigenvalue weighted by Gasteiger charge is 2.64. The van der Waals surface area contributed by atoms with Gasteiger partial charge in [-0.15, -0.1) is 0 Å². The predicted molar refractivity (Wildman–Crippen MR) is 101 cm³/mol. The number of fused-ring (bicyclic) bond motifs is 2. The molecule has 1 aromatic heterocycles. The van der Waals surface area contributed by atoms with Crippen LogP contribution in [0.4, 0.5) is 0 Å². The lowest BCUT2D eigenvalue weighted by atomic mass is 9.62. The lowest BCUT2D eigenvalue weighted by Crippen LogP contribution is -2.58. The van der Waals surface area contributed by atoms with E-state index in [1.165, 1.54) is 22.9 Å². The molecule has 3 rings (SSSR count). The van der Waals surface area contributed by atoms with E-state index in [-0.39, 0.29) is 29.0 Å². The third kappa shape index (κ3) is 3.01. The van der Waals surface area contributed by atoms with Crippen molar-refractivity contribution in [2.45, 2.75) is 33.6 Å². The van der Waals surface area contributed by atoms with E-state index in [0.29, 0.717) is 10.1 Å². The minimum Gasteiger partial charge on any atom is -0.463 e. The minimum absolute atomic E-state index is 0.0839. The highest BCUT2D eigenvalue weighted by molar-refractivity contribution is 8.22. The fraction of sp³-hybridized carbons (Fsp3) is 0.529. The summed E-state index contributed by atoms with van der Waals surface area (Å²) in [6.07, 6.45) is 4.59. The second-order valence-electron chi connectivity index (χ2n) is 7.16. The van der Waals surface area contributed by atoms with E-state index in [0.717, 1.165) is 12.8 Å². The molecule has 2 fully saturated rings. The first-order valence-corrected chi connectivity index (χ1v) is 9.52. The van der Waals surface area contributed by atoms with E-state index in [4.69, 9.17) is 16.6 Å². The number of thiocarbonyl (C=S) groups is 1. The zero-order valence-corrected chi connectivity index (χ0v) is 16.1. The molecule has 0 spiro atoms. The number of thioether (sulfide) groups is 1. The predicted octanol–water partition coefficient (Wildman–Crippen LogP) is 2.99. The number of hydrogen-bond acceptors (Lipinski definition) is 6. The van der Waals surface area contributed by atoms with Gasteiger partial charge in [-0.25, -0.2) is 0 Å². The van der Waals surface area contributed by atoms with Crippen LogP contribution in [0.2, 0.25) is 0 Å². The molecule has 2 aliphatic rings. The fourth-order valence-corrected chi connectivity index (χ4v) is 4.51. The topological polar surface area (TPSA) is 74.9 Å². The molecule has 2 amide bonds. The summed E-state index contributed by atoms with van der Waals surface area (Å²) in [6, 6.07) is 3.53. The molecule has 25 heavy (non-hydrogen) atoms. The Bertz CT molecular complexity index is 730. The van der Waals surface area contributed by atoms with Crippen LogP contribution >= 0.6 is 24.0 Å². The molecule has 2 atom stereocenters. The molecule has 1 aliphatic heterocycles. The molecule has 6 nitrogen and oxygen atoms in total. The van der Waals surface area contributed by atoms with E-state index in [1.54, 1.807) is 18.4 Å². The van der Waals surface area contributed by atoms with Gasteiger partial charge in [0.2, 0.25) is 11.8 Å². The number of nitrogens with zero attached hydrogens (tertiary/aromatic N) is 2. The van der Waals surface area contributed by atoms with Crippen LogP contribution in [0.1, 0.15) is 39.4 Å². The summed E-state index contributed by atoms with van der Waals surface area (Å²) >= 11 is 6.42. The molecule has 0 aromatic carbocycles. The average molecular weight is 380 g/mol. The molecule has 1 N–H and O–H groups in total. The fourth-order valence-electron chi connectivity index (χ4n) is 3.69. The van der Waals surface area contributed by atoms with Crippen LogP contribution in [-0.4, -0.2) is 33.1 Å². The van der Waals surface area contributed by atoms with Gasteiger partial charge in [0.25, 0.3) is 0 Å². The lowest BCUT2D eigenvalue weighted by molar-refractivity contribution is -0.166. The number of hydrazone groups is 1. The van der Waals surface area contributed by atoms with Crippen LogP contribution in [0.5, 0.6) is 0 Å². The summed E-state index contributed by atoms with van der Waals surface area (Å²) in [7, 11) is 0. The van der Waals surface area contributed by atoms with E-state index in [9.17, 15) is 9.59 Å². The molecule has 2 bridgehead atoms. The number of amides is 2. The molecular formula is C17H21N3O3S2. The summed E-state index contributed by atoms with van der Waals surface area (Å²) in [5, 5.41) is 3.98. The minimum atomic E-state index is -0.487. The van der Waals surface area contributed by atoms with Gasteiger partial charge in [-0.2, -0.15) is 5.10 Å². The number of carbonyl (C=O) groups excluding carboxylic acids is 2. The van der Waals surface area contributed by atoms with E-state index in [1.807, 2.05) is 20.8 Å². The van der Waals surface area contributed by atoms with Crippen LogP contribution in [0.25, 0.3) is 0 Å². The summed E-state index contributed by atoms with van der Waals surface area (Å²) in [6.45, 7) is 6.03. The molecule has 1 aromatic rings. The van der Waals surface area contributed by atoms with Gasteiger partial charge in [-0.1, -0.05) is 44.8 Å².